The first-order chi connectivity index (χ1) is 11.9. The zero-order valence-corrected chi connectivity index (χ0v) is 15.8. The highest BCUT2D eigenvalue weighted by molar-refractivity contribution is 7.16. The van der Waals surface area contributed by atoms with E-state index in [1.54, 1.807) is 24.8 Å². The van der Waals surface area contributed by atoms with Gasteiger partial charge in [0, 0.05) is 38.0 Å². The molecule has 138 valence electrons. The van der Waals surface area contributed by atoms with Crippen LogP contribution in [0.3, 0.4) is 0 Å². The average molecular weight is 367 g/mol. The summed E-state index contributed by atoms with van der Waals surface area (Å²) in [7, 11) is 0. The monoisotopic (exact) mass is 367 g/mol. The molecule has 0 aromatic carbocycles. The largest absolute Gasteiger partial charge is 0.462 e. The van der Waals surface area contributed by atoms with Gasteiger partial charge >= 0.3 is 5.97 Å². The highest BCUT2D eigenvalue weighted by Gasteiger charge is 2.22. The quantitative estimate of drug-likeness (QED) is 0.773. The summed E-state index contributed by atoms with van der Waals surface area (Å²) in [4.78, 5) is 40.5. The lowest BCUT2D eigenvalue weighted by molar-refractivity contribution is -0.130. The number of ether oxygens (including phenoxy) is 1. The molecule has 25 heavy (non-hydrogen) atoms. The number of hydrogen-bond donors (Lipinski definition) is 1. The van der Waals surface area contributed by atoms with Crippen molar-refractivity contribution in [2.75, 3.05) is 44.6 Å². The molecule has 1 N–H and O–H groups in total. The molecule has 1 aliphatic heterocycles. The number of piperazine rings is 1. The zero-order valence-electron chi connectivity index (χ0n) is 15.0. The fourth-order valence-corrected chi connectivity index (χ4v) is 3.66. The van der Waals surface area contributed by atoms with Crippen molar-refractivity contribution < 1.29 is 19.1 Å². The molecule has 0 bridgehead atoms. The lowest BCUT2D eigenvalue weighted by Gasteiger charge is -2.33. The number of carbonyl (C=O) groups excluding carboxylic acids is 3. The number of amides is 2. The normalized spacial score (nSPS) is 15.1. The van der Waals surface area contributed by atoms with Gasteiger partial charge in [-0.25, -0.2) is 4.79 Å². The van der Waals surface area contributed by atoms with Crippen molar-refractivity contribution in [3.8, 4) is 0 Å². The summed E-state index contributed by atoms with van der Waals surface area (Å²) >= 11 is 1.40. The van der Waals surface area contributed by atoms with E-state index in [-0.39, 0.29) is 18.4 Å². The molecule has 0 spiro atoms. The van der Waals surface area contributed by atoms with E-state index in [2.05, 4.69) is 5.32 Å². The summed E-state index contributed by atoms with van der Waals surface area (Å²) < 4.78 is 5.06. The van der Waals surface area contributed by atoms with Crippen LogP contribution in [0, 0.1) is 0 Å². The van der Waals surface area contributed by atoms with Gasteiger partial charge < -0.3 is 15.0 Å². The van der Waals surface area contributed by atoms with Crippen LogP contribution in [-0.2, 0) is 20.7 Å². The second-order valence-corrected chi connectivity index (χ2v) is 7.00. The lowest BCUT2D eigenvalue weighted by Crippen LogP contribution is -2.49. The molecule has 1 aromatic heterocycles. The Morgan fingerprint density at radius 3 is 2.44 bits per heavy atom. The minimum absolute atomic E-state index is 0.0638. The highest BCUT2D eigenvalue weighted by Crippen LogP contribution is 2.29. The standard InChI is InChI=1S/C17H25N3O4S/c1-4-13-10-14(17(23)24-5-2)16(25-13)18-15(22)11-19-6-8-20(9-7-19)12(3)21/h10H,4-9,11H2,1-3H3,(H,18,22). The second kappa shape index (κ2) is 8.96. The molecule has 1 aromatic rings. The Balaban J connectivity index is 1.95. The van der Waals surface area contributed by atoms with E-state index < -0.39 is 5.97 Å². The minimum Gasteiger partial charge on any atom is -0.462 e. The van der Waals surface area contributed by atoms with Crippen LogP contribution in [0.25, 0.3) is 0 Å². The maximum absolute atomic E-state index is 12.3. The predicted octanol–water partition coefficient (Wildman–Crippen LogP) is 1.59. The van der Waals surface area contributed by atoms with Crippen LogP contribution < -0.4 is 5.32 Å². The number of rotatable bonds is 6. The van der Waals surface area contributed by atoms with Crippen molar-refractivity contribution in [3.05, 3.63) is 16.5 Å². The zero-order chi connectivity index (χ0) is 18.4. The molecule has 7 nitrogen and oxygen atoms in total. The molecule has 2 amide bonds. The molecule has 1 aliphatic rings. The Labute approximate surface area is 151 Å². The predicted molar refractivity (Wildman–Crippen MR) is 97.0 cm³/mol. The van der Waals surface area contributed by atoms with Gasteiger partial charge in [0.2, 0.25) is 11.8 Å². The highest BCUT2D eigenvalue weighted by atomic mass is 32.1. The molecule has 0 unspecified atom stereocenters. The van der Waals surface area contributed by atoms with E-state index in [9.17, 15) is 14.4 Å². The van der Waals surface area contributed by atoms with Gasteiger partial charge in [0.15, 0.2) is 0 Å². The molecule has 0 radical (unpaired) electrons. The summed E-state index contributed by atoms with van der Waals surface area (Å²) in [6.45, 7) is 8.46. The summed E-state index contributed by atoms with van der Waals surface area (Å²) in [5.74, 6) is -0.510. The Morgan fingerprint density at radius 1 is 1.20 bits per heavy atom. The van der Waals surface area contributed by atoms with Crippen molar-refractivity contribution in [2.45, 2.75) is 27.2 Å². The topological polar surface area (TPSA) is 79.0 Å². The van der Waals surface area contributed by atoms with Gasteiger partial charge in [-0.15, -0.1) is 11.3 Å². The van der Waals surface area contributed by atoms with Gasteiger partial charge in [-0.3, -0.25) is 14.5 Å². The number of nitrogens with one attached hydrogen (secondary N) is 1. The minimum atomic E-state index is -0.413. The van der Waals surface area contributed by atoms with Crippen molar-refractivity contribution in [1.29, 1.82) is 0 Å². The van der Waals surface area contributed by atoms with Gasteiger partial charge in [0.25, 0.3) is 0 Å². The van der Waals surface area contributed by atoms with Crippen LogP contribution in [-0.4, -0.2) is 66.9 Å². The molecule has 8 heteroatoms. The van der Waals surface area contributed by atoms with Crippen molar-refractivity contribution in [1.82, 2.24) is 9.80 Å². The van der Waals surface area contributed by atoms with Crippen LogP contribution in [0.5, 0.6) is 0 Å². The van der Waals surface area contributed by atoms with Crippen LogP contribution in [0.15, 0.2) is 6.07 Å². The van der Waals surface area contributed by atoms with E-state index in [1.165, 1.54) is 11.3 Å². The molecule has 2 rings (SSSR count). The van der Waals surface area contributed by atoms with Crippen LogP contribution in [0.2, 0.25) is 0 Å². The van der Waals surface area contributed by atoms with E-state index in [4.69, 9.17) is 4.74 Å². The number of esters is 1. The third-order valence-corrected chi connectivity index (χ3v) is 5.26. The van der Waals surface area contributed by atoms with Gasteiger partial charge in [-0.1, -0.05) is 6.92 Å². The molecule has 2 heterocycles. The molecule has 0 aliphatic carbocycles. The second-order valence-electron chi connectivity index (χ2n) is 5.86. The van der Waals surface area contributed by atoms with E-state index >= 15 is 0 Å². The maximum atomic E-state index is 12.3. The summed E-state index contributed by atoms with van der Waals surface area (Å²) in [5.41, 5.74) is 0.415. The van der Waals surface area contributed by atoms with Crippen LogP contribution in [0.1, 0.15) is 36.0 Å². The van der Waals surface area contributed by atoms with Crippen molar-refractivity contribution in [3.63, 3.8) is 0 Å². The number of thiophene rings is 1. The van der Waals surface area contributed by atoms with Gasteiger partial charge in [-0.05, 0) is 19.4 Å². The number of aryl methyl sites for hydroxylation is 1. The molecule has 1 saturated heterocycles. The number of hydrogen-bond acceptors (Lipinski definition) is 6. The summed E-state index contributed by atoms with van der Waals surface area (Å²) in [6.07, 6.45) is 0.792. The molecule has 0 saturated carbocycles. The van der Waals surface area contributed by atoms with E-state index in [1.807, 2.05) is 11.8 Å². The first kappa shape index (κ1) is 19.4. The van der Waals surface area contributed by atoms with Crippen LogP contribution in [0.4, 0.5) is 5.00 Å². The number of anilines is 1. The molecule has 0 atom stereocenters. The first-order valence-electron chi connectivity index (χ1n) is 8.52. The van der Waals surface area contributed by atoms with Gasteiger partial charge in [-0.2, -0.15) is 0 Å². The fraction of sp³-hybridized carbons (Fsp3) is 0.588. The third kappa shape index (κ3) is 5.27. The van der Waals surface area contributed by atoms with Gasteiger partial charge in [0.1, 0.15) is 5.00 Å². The number of nitrogens with zero attached hydrogens (tertiary/aromatic N) is 2. The van der Waals surface area contributed by atoms with E-state index in [0.29, 0.717) is 43.4 Å². The Kier molecular flexibility index (Phi) is 6.95. The lowest BCUT2D eigenvalue weighted by atomic mass is 10.2. The Bertz CT molecular complexity index is 636. The number of carbonyl (C=O) groups is 3. The Hall–Kier alpha value is -1.93. The third-order valence-electron chi connectivity index (χ3n) is 4.06. The molecular weight excluding hydrogens is 342 g/mol. The first-order valence-corrected chi connectivity index (χ1v) is 9.33. The SMILES string of the molecule is CCOC(=O)c1cc(CC)sc1NC(=O)CN1CCN(C(C)=O)CC1. The van der Waals surface area contributed by atoms with Gasteiger partial charge in [0.05, 0.1) is 18.7 Å². The van der Waals surface area contributed by atoms with E-state index in [0.717, 1.165) is 11.3 Å². The van der Waals surface area contributed by atoms with Crippen molar-refractivity contribution >= 4 is 34.1 Å². The molecule has 1 fully saturated rings. The summed E-state index contributed by atoms with van der Waals surface area (Å²) in [5, 5.41) is 3.39. The fourth-order valence-electron chi connectivity index (χ4n) is 2.66. The average Bonchev–Trinajstić information content (AvgIpc) is 2.98. The summed E-state index contributed by atoms with van der Waals surface area (Å²) in [6, 6.07) is 1.78. The van der Waals surface area contributed by atoms with Crippen molar-refractivity contribution in [2.24, 2.45) is 0 Å². The maximum Gasteiger partial charge on any atom is 0.341 e. The Morgan fingerprint density at radius 2 is 1.88 bits per heavy atom. The molecular formula is C17H25N3O4S. The van der Waals surface area contributed by atoms with Crippen LogP contribution >= 0.6 is 11.3 Å². The smallest absolute Gasteiger partial charge is 0.341 e.